The van der Waals surface area contributed by atoms with E-state index in [2.05, 4.69) is 17.3 Å². The Morgan fingerprint density at radius 3 is 2.53 bits per heavy atom. The Morgan fingerprint density at radius 1 is 1.19 bits per heavy atom. The van der Waals surface area contributed by atoms with Crippen LogP contribution >= 0.6 is 23.2 Å². The molecule has 1 aliphatic heterocycles. The molecule has 1 aliphatic rings. The first-order valence-electron chi connectivity index (χ1n) is 10.8. The van der Waals surface area contributed by atoms with Crippen LogP contribution in [-0.4, -0.2) is 62.8 Å². The van der Waals surface area contributed by atoms with Crippen molar-refractivity contribution < 1.29 is 14.3 Å². The maximum absolute atomic E-state index is 13.1. The quantitative estimate of drug-likeness (QED) is 0.578. The minimum Gasteiger partial charge on any atom is -0.497 e. The largest absolute Gasteiger partial charge is 0.497 e. The van der Waals surface area contributed by atoms with Gasteiger partial charge in [0.05, 0.1) is 36.4 Å². The van der Waals surface area contributed by atoms with Crippen LogP contribution in [-0.2, 0) is 11.3 Å². The number of rotatable bonds is 8. The first-order valence-corrected chi connectivity index (χ1v) is 11.5. The van der Waals surface area contributed by atoms with Gasteiger partial charge in [-0.25, -0.2) is 4.79 Å². The summed E-state index contributed by atoms with van der Waals surface area (Å²) in [6.07, 6.45) is 1.91. The van der Waals surface area contributed by atoms with Crippen LogP contribution in [0.2, 0.25) is 10.0 Å². The predicted octanol–water partition coefficient (Wildman–Crippen LogP) is 5.00. The highest BCUT2D eigenvalue weighted by Crippen LogP contribution is 2.30. The van der Waals surface area contributed by atoms with Gasteiger partial charge in [-0.1, -0.05) is 47.5 Å². The second-order valence-electron chi connectivity index (χ2n) is 8.15. The molecule has 0 aliphatic carbocycles. The van der Waals surface area contributed by atoms with Crippen molar-refractivity contribution >= 4 is 29.2 Å². The molecule has 32 heavy (non-hydrogen) atoms. The first-order chi connectivity index (χ1) is 15.4. The number of carbonyl (C=O) groups is 1. The molecule has 1 fully saturated rings. The number of hydrogen-bond acceptors (Lipinski definition) is 4. The molecule has 2 amide bonds. The molecular weight excluding hydrogens is 449 g/mol. The number of urea groups is 1. The highest BCUT2D eigenvalue weighted by atomic mass is 35.5. The summed E-state index contributed by atoms with van der Waals surface area (Å²) in [4.78, 5) is 17.1. The SMILES string of the molecule is COc1ccc(COCC(NC(=O)N(C)C2CCN(C)CC2)c2cccc(Cl)c2Cl)cc1. The molecule has 1 saturated heterocycles. The van der Waals surface area contributed by atoms with Crippen LogP contribution in [0.3, 0.4) is 0 Å². The minimum atomic E-state index is -0.430. The van der Waals surface area contributed by atoms with Crippen LogP contribution in [0.5, 0.6) is 5.75 Å². The Morgan fingerprint density at radius 2 is 1.88 bits per heavy atom. The van der Waals surface area contributed by atoms with E-state index in [0.29, 0.717) is 16.7 Å². The van der Waals surface area contributed by atoms with E-state index < -0.39 is 6.04 Å². The number of halogens is 2. The smallest absolute Gasteiger partial charge is 0.317 e. The number of piperidine rings is 1. The van der Waals surface area contributed by atoms with Crippen LogP contribution in [0.25, 0.3) is 0 Å². The van der Waals surface area contributed by atoms with Crippen molar-refractivity contribution in [1.29, 1.82) is 0 Å². The van der Waals surface area contributed by atoms with E-state index in [1.54, 1.807) is 18.1 Å². The normalized spacial score (nSPS) is 15.9. The number of methoxy groups -OCH3 is 1. The number of carbonyl (C=O) groups excluding carboxylic acids is 1. The molecule has 0 saturated carbocycles. The van der Waals surface area contributed by atoms with Crippen LogP contribution in [0.1, 0.15) is 30.0 Å². The molecule has 2 aromatic carbocycles. The average Bonchev–Trinajstić information content (AvgIpc) is 2.80. The lowest BCUT2D eigenvalue weighted by atomic mass is 10.0. The molecule has 2 aromatic rings. The molecule has 0 spiro atoms. The molecule has 6 nitrogen and oxygen atoms in total. The van der Waals surface area contributed by atoms with Gasteiger partial charge in [0.15, 0.2) is 0 Å². The number of amides is 2. The van der Waals surface area contributed by atoms with Gasteiger partial charge in [0, 0.05) is 13.1 Å². The molecule has 1 heterocycles. The number of nitrogens with one attached hydrogen (secondary N) is 1. The summed E-state index contributed by atoms with van der Waals surface area (Å²) in [5.74, 6) is 0.793. The third kappa shape index (κ3) is 6.51. The van der Waals surface area contributed by atoms with Crippen LogP contribution in [0, 0.1) is 0 Å². The first kappa shape index (κ1) is 24.6. The summed E-state index contributed by atoms with van der Waals surface area (Å²) in [6, 6.07) is 12.7. The third-order valence-corrected chi connectivity index (χ3v) is 6.76. The average molecular weight is 480 g/mol. The van der Waals surface area contributed by atoms with E-state index in [0.717, 1.165) is 42.8 Å². The Bertz CT molecular complexity index is 887. The zero-order valence-electron chi connectivity index (χ0n) is 18.8. The van der Waals surface area contributed by atoms with Gasteiger partial charge in [-0.3, -0.25) is 0 Å². The molecular formula is C24H31Cl2N3O3. The predicted molar refractivity (Wildman–Crippen MR) is 129 cm³/mol. The summed E-state index contributed by atoms with van der Waals surface area (Å²) in [5.41, 5.74) is 1.75. The second-order valence-corrected chi connectivity index (χ2v) is 8.94. The van der Waals surface area contributed by atoms with Crippen LogP contribution in [0.4, 0.5) is 4.79 Å². The molecule has 1 atom stereocenters. The fraction of sp³-hybridized carbons (Fsp3) is 0.458. The van der Waals surface area contributed by atoms with Gasteiger partial charge in [-0.05, 0) is 62.3 Å². The fourth-order valence-corrected chi connectivity index (χ4v) is 4.25. The van der Waals surface area contributed by atoms with Gasteiger partial charge in [0.2, 0.25) is 0 Å². The molecule has 8 heteroatoms. The Labute approximate surface area is 200 Å². The lowest BCUT2D eigenvalue weighted by molar-refractivity contribution is 0.0946. The third-order valence-electron chi connectivity index (χ3n) is 5.92. The lowest BCUT2D eigenvalue weighted by Gasteiger charge is -2.36. The van der Waals surface area contributed by atoms with Crippen molar-refractivity contribution in [3.63, 3.8) is 0 Å². The molecule has 0 bridgehead atoms. The van der Waals surface area contributed by atoms with Gasteiger partial charge < -0.3 is 24.6 Å². The fourth-order valence-electron chi connectivity index (χ4n) is 3.81. The minimum absolute atomic E-state index is 0.145. The zero-order valence-corrected chi connectivity index (χ0v) is 20.3. The molecule has 174 valence electrons. The number of likely N-dealkylation sites (tertiary alicyclic amines) is 1. The maximum Gasteiger partial charge on any atom is 0.317 e. The van der Waals surface area contributed by atoms with E-state index in [1.807, 2.05) is 43.4 Å². The van der Waals surface area contributed by atoms with Crippen molar-refractivity contribution in [2.75, 3.05) is 40.9 Å². The molecule has 0 aromatic heterocycles. The van der Waals surface area contributed by atoms with Crippen molar-refractivity contribution in [2.45, 2.75) is 31.5 Å². The topological polar surface area (TPSA) is 54.0 Å². The van der Waals surface area contributed by atoms with E-state index in [4.69, 9.17) is 32.7 Å². The Kier molecular flexibility index (Phi) is 9.05. The van der Waals surface area contributed by atoms with E-state index in [1.165, 1.54) is 0 Å². The highest BCUT2D eigenvalue weighted by Gasteiger charge is 2.27. The van der Waals surface area contributed by atoms with Gasteiger partial charge in [0.25, 0.3) is 0 Å². The highest BCUT2D eigenvalue weighted by molar-refractivity contribution is 6.42. The Hall–Kier alpha value is -1.99. The zero-order chi connectivity index (χ0) is 23.1. The summed E-state index contributed by atoms with van der Waals surface area (Å²) < 4.78 is 11.2. The summed E-state index contributed by atoms with van der Waals surface area (Å²) in [6.45, 7) is 2.63. The van der Waals surface area contributed by atoms with E-state index in [-0.39, 0.29) is 18.7 Å². The van der Waals surface area contributed by atoms with Crippen molar-refractivity contribution in [1.82, 2.24) is 15.1 Å². The summed E-state index contributed by atoms with van der Waals surface area (Å²) in [7, 11) is 5.59. The number of hydrogen-bond donors (Lipinski definition) is 1. The molecule has 0 radical (unpaired) electrons. The van der Waals surface area contributed by atoms with Crippen LogP contribution < -0.4 is 10.1 Å². The van der Waals surface area contributed by atoms with Crippen LogP contribution in [0.15, 0.2) is 42.5 Å². The number of ether oxygens (including phenoxy) is 2. The van der Waals surface area contributed by atoms with Gasteiger partial charge in [-0.15, -0.1) is 0 Å². The molecule has 1 unspecified atom stereocenters. The van der Waals surface area contributed by atoms with Crippen molar-refractivity contribution in [3.05, 3.63) is 63.6 Å². The Balaban J connectivity index is 1.67. The molecule has 3 rings (SSSR count). The summed E-state index contributed by atoms with van der Waals surface area (Å²) >= 11 is 12.7. The van der Waals surface area contributed by atoms with Crippen molar-refractivity contribution in [2.24, 2.45) is 0 Å². The number of benzene rings is 2. The van der Waals surface area contributed by atoms with E-state index in [9.17, 15) is 4.79 Å². The second kappa shape index (κ2) is 11.8. The van der Waals surface area contributed by atoms with Gasteiger partial charge in [-0.2, -0.15) is 0 Å². The maximum atomic E-state index is 13.1. The standard InChI is InChI=1S/C24H31Cl2N3O3/c1-28-13-11-18(12-14-28)29(2)24(30)27-22(20-5-4-6-21(25)23(20)26)16-32-15-17-7-9-19(31-3)10-8-17/h4-10,18,22H,11-16H2,1-3H3,(H,27,30). The lowest BCUT2D eigenvalue weighted by Crippen LogP contribution is -2.49. The van der Waals surface area contributed by atoms with Crippen molar-refractivity contribution in [3.8, 4) is 5.75 Å². The van der Waals surface area contributed by atoms with E-state index >= 15 is 0 Å². The van der Waals surface area contributed by atoms with Gasteiger partial charge >= 0.3 is 6.03 Å². The summed E-state index contributed by atoms with van der Waals surface area (Å²) in [5, 5.41) is 3.97. The van der Waals surface area contributed by atoms with Gasteiger partial charge in [0.1, 0.15) is 5.75 Å². The number of nitrogens with zero attached hydrogens (tertiary/aromatic N) is 2. The molecule has 1 N–H and O–H groups in total. The monoisotopic (exact) mass is 479 g/mol.